The highest BCUT2D eigenvalue weighted by Crippen LogP contribution is 2.35. The molecule has 0 heterocycles. The summed E-state index contributed by atoms with van der Waals surface area (Å²) in [7, 11) is 6.15. The third kappa shape index (κ3) is 5.26. The summed E-state index contributed by atoms with van der Waals surface area (Å²) in [5.41, 5.74) is 1.17. The lowest BCUT2D eigenvalue weighted by Crippen LogP contribution is -2.24. The van der Waals surface area contributed by atoms with Gasteiger partial charge in [-0.15, -0.1) is 0 Å². The highest BCUT2D eigenvalue weighted by Gasteiger charge is 2.11. The van der Waals surface area contributed by atoms with Crippen molar-refractivity contribution >= 4 is 17.8 Å². The summed E-state index contributed by atoms with van der Waals surface area (Å²) >= 11 is 0. The van der Waals surface area contributed by atoms with Gasteiger partial charge in [0.05, 0.1) is 21.3 Å². The number of carbonyl (C=O) groups is 2. The molecule has 0 fully saturated rings. The molecule has 2 aromatic carbocycles. The summed E-state index contributed by atoms with van der Waals surface area (Å²) < 4.78 is 21.2. The van der Waals surface area contributed by atoms with E-state index in [1.807, 2.05) is 0 Å². The van der Waals surface area contributed by atoms with Crippen molar-refractivity contribution in [2.75, 3.05) is 35.0 Å². The topological polar surface area (TPSA) is 83.1 Å². The van der Waals surface area contributed by atoms with Crippen LogP contribution in [0.15, 0.2) is 42.5 Å². The third-order valence-electron chi connectivity index (χ3n) is 3.94. The summed E-state index contributed by atoms with van der Waals surface area (Å²) in [6, 6.07) is 9.98. The van der Waals surface area contributed by atoms with E-state index in [2.05, 4.69) is 5.32 Å². The molecule has 0 aliphatic carbocycles. The number of methoxy groups -OCH3 is 3. The molecule has 148 valence electrons. The molecule has 1 amide bonds. The molecule has 28 heavy (non-hydrogen) atoms. The average molecular weight is 385 g/mol. The van der Waals surface area contributed by atoms with Crippen molar-refractivity contribution in [2.24, 2.45) is 0 Å². The lowest BCUT2D eigenvalue weighted by Gasteiger charge is -2.12. The van der Waals surface area contributed by atoms with Crippen molar-refractivity contribution in [1.82, 2.24) is 5.32 Å². The SMILES string of the molecule is CNC(=O)COc1ccc(C(=O)/C=C/c2cc(OC)c(OC)cc2OC)cc1. The maximum Gasteiger partial charge on any atom is 0.257 e. The van der Waals surface area contributed by atoms with Gasteiger partial charge >= 0.3 is 0 Å². The van der Waals surface area contributed by atoms with Crippen molar-refractivity contribution in [1.29, 1.82) is 0 Å². The van der Waals surface area contributed by atoms with Gasteiger partial charge in [0.2, 0.25) is 0 Å². The third-order valence-corrected chi connectivity index (χ3v) is 3.94. The number of ketones is 1. The first-order chi connectivity index (χ1) is 13.5. The van der Waals surface area contributed by atoms with E-state index in [1.54, 1.807) is 49.6 Å². The van der Waals surface area contributed by atoms with E-state index in [9.17, 15) is 9.59 Å². The molecule has 0 bridgehead atoms. The Labute approximate surface area is 163 Å². The molecule has 0 aromatic heterocycles. The number of nitrogens with one attached hydrogen (secondary N) is 1. The van der Waals surface area contributed by atoms with Crippen LogP contribution in [0, 0.1) is 0 Å². The van der Waals surface area contributed by atoms with Crippen LogP contribution in [0.4, 0.5) is 0 Å². The standard InChI is InChI=1S/C21H23NO6/c1-22-21(24)13-28-16-8-5-14(6-9-16)17(23)10-7-15-11-19(26-3)20(27-4)12-18(15)25-2/h5-12H,13H2,1-4H3,(H,22,24)/b10-7+. The highest BCUT2D eigenvalue weighted by molar-refractivity contribution is 6.07. The molecule has 0 saturated carbocycles. The van der Waals surface area contributed by atoms with Gasteiger partial charge in [0.25, 0.3) is 5.91 Å². The fourth-order valence-electron chi connectivity index (χ4n) is 2.38. The van der Waals surface area contributed by atoms with Gasteiger partial charge in [-0.05, 0) is 42.5 Å². The summed E-state index contributed by atoms with van der Waals surface area (Å²) in [5, 5.41) is 2.47. The van der Waals surface area contributed by atoms with Gasteiger partial charge < -0.3 is 24.3 Å². The molecule has 7 nitrogen and oxygen atoms in total. The van der Waals surface area contributed by atoms with Gasteiger partial charge in [-0.1, -0.05) is 0 Å². The van der Waals surface area contributed by atoms with Crippen molar-refractivity contribution < 1.29 is 28.5 Å². The van der Waals surface area contributed by atoms with Crippen LogP contribution in [-0.2, 0) is 4.79 Å². The van der Waals surface area contributed by atoms with Gasteiger partial charge in [-0.25, -0.2) is 0 Å². The van der Waals surface area contributed by atoms with Crippen LogP contribution in [0.3, 0.4) is 0 Å². The molecule has 0 aliphatic heterocycles. The fourth-order valence-corrected chi connectivity index (χ4v) is 2.38. The number of amides is 1. The maximum atomic E-state index is 12.4. The molecule has 2 rings (SSSR count). The van der Waals surface area contributed by atoms with Crippen molar-refractivity contribution in [3.05, 3.63) is 53.6 Å². The van der Waals surface area contributed by atoms with Crippen LogP contribution in [0.25, 0.3) is 6.08 Å². The minimum atomic E-state index is -0.230. The molecule has 0 aliphatic rings. The van der Waals surface area contributed by atoms with Gasteiger partial charge in [-0.3, -0.25) is 9.59 Å². The number of allylic oxidation sites excluding steroid dienone is 1. The second-order valence-electron chi connectivity index (χ2n) is 5.63. The van der Waals surface area contributed by atoms with Crippen molar-refractivity contribution in [3.8, 4) is 23.0 Å². The quantitative estimate of drug-likeness (QED) is 0.528. The van der Waals surface area contributed by atoms with Gasteiger partial charge in [0.1, 0.15) is 11.5 Å². The van der Waals surface area contributed by atoms with Crippen LogP contribution in [0.1, 0.15) is 15.9 Å². The van der Waals surface area contributed by atoms with Crippen LogP contribution in [0.5, 0.6) is 23.0 Å². The van der Waals surface area contributed by atoms with E-state index < -0.39 is 0 Å². The zero-order valence-corrected chi connectivity index (χ0v) is 16.3. The normalized spacial score (nSPS) is 10.4. The van der Waals surface area contributed by atoms with E-state index in [0.29, 0.717) is 34.1 Å². The first kappa shape index (κ1) is 20.8. The second-order valence-corrected chi connectivity index (χ2v) is 5.63. The Kier molecular flexibility index (Phi) is 7.45. The number of hydrogen-bond donors (Lipinski definition) is 1. The average Bonchev–Trinajstić information content (AvgIpc) is 2.75. The summed E-state index contributed by atoms with van der Waals surface area (Å²) in [5.74, 6) is 1.72. The second kappa shape index (κ2) is 10.0. The minimum Gasteiger partial charge on any atom is -0.496 e. The predicted octanol–water partition coefficient (Wildman–Crippen LogP) is 2.73. The lowest BCUT2D eigenvalue weighted by molar-refractivity contribution is -0.122. The van der Waals surface area contributed by atoms with Gasteiger partial charge in [0, 0.05) is 24.2 Å². The Morgan fingerprint density at radius 3 is 2.11 bits per heavy atom. The Balaban J connectivity index is 2.14. The monoisotopic (exact) mass is 385 g/mol. The van der Waals surface area contributed by atoms with E-state index in [4.69, 9.17) is 18.9 Å². The molecular weight excluding hydrogens is 362 g/mol. The predicted molar refractivity (Wildman–Crippen MR) is 105 cm³/mol. The van der Waals surface area contributed by atoms with Crippen LogP contribution < -0.4 is 24.3 Å². The summed E-state index contributed by atoms with van der Waals surface area (Å²) in [6.07, 6.45) is 3.10. The van der Waals surface area contributed by atoms with Crippen molar-refractivity contribution in [2.45, 2.75) is 0 Å². The van der Waals surface area contributed by atoms with E-state index in [1.165, 1.54) is 27.3 Å². The molecule has 2 aromatic rings. The Morgan fingerprint density at radius 1 is 0.929 bits per heavy atom. The number of ether oxygens (including phenoxy) is 4. The van der Waals surface area contributed by atoms with Crippen LogP contribution in [0.2, 0.25) is 0 Å². The number of benzene rings is 2. The zero-order valence-electron chi connectivity index (χ0n) is 16.3. The van der Waals surface area contributed by atoms with Crippen LogP contribution in [-0.4, -0.2) is 46.7 Å². The molecule has 0 unspecified atom stereocenters. The molecule has 0 spiro atoms. The Morgan fingerprint density at radius 2 is 1.54 bits per heavy atom. The summed E-state index contributed by atoms with van der Waals surface area (Å²) in [6.45, 7) is -0.0806. The lowest BCUT2D eigenvalue weighted by atomic mass is 10.1. The van der Waals surface area contributed by atoms with E-state index >= 15 is 0 Å². The maximum absolute atomic E-state index is 12.4. The minimum absolute atomic E-state index is 0.0806. The van der Waals surface area contributed by atoms with Gasteiger partial charge in [-0.2, -0.15) is 0 Å². The molecule has 0 saturated heterocycles. The molecule has 1 N–H and O–H groups in total. The fraction of sp³-hybridized carbons (Fsp3) is 0.238. The Bertz CT molecular complexity index is 858. The van der Waals surface area contributed by atoms with E-state index in [0.717, 1.165) is 0 Å². The smallest absolute Gasteiger partial charge is 0.257 e. The van der Waals surface area contributed by atoms with Crippen LogP contribution >= 0.6 is 0 Å². The number of rotatable bonds is 9. The molecule has 7 heteroatoms. The molecule has 0 atom stereocenters. The van der Waals surface area contributed by atoms with Crippen molar-refractivity contribution in [3.63, 3.8) is 0 Å². The highest BCUT2D eigenvalue weighted by atomic mass is 16.5. The summed E-state index contributed by atoms with van der Waals surface area (Å²) in [4.78, 5) is 23.6. The first-order valence-corrected chi connectivity index (χ1v) is 8.48. The zero-order chi connectivity index (χ0) is 20.5. The van der Waals surface area contributed by atoms with Gasteiger partial charge in [0.15, 0.2) is 23.9 Å². The van der Waals surface area contributed by atoms with E-state index in [-0.39, 0.29) is 18.3 Å². The number of carbonyl (C=O) groups excluding carboxylic acids is 2. The largest absolute Gasteiger partial charge is 0.496 e. The number of likely N-dealkylation sites (N-methyl/N-ethyl adjacent to an activating group) is 1. The Hall–Kier alpha value is -3.48. The first-order valence-electron chi connectivity index (χ1n) is 8.48. The molecular formula is C21H23NO6. The number of hydrogen-bond acceptors (Lipinski definition) is 6. The molecule has 0 radical (unpaired) electrons.